The molecule has 0 saturated carbocycles. The molecular weight excluding hydrogens is 318 g/mol. The molecule has 0 radical (unpaired) electrons. The van der Waals surface area contributed by atoms with Crippen molar-refractivity contribution < 1.29 is 9.53 Å². The number of carbonyl (C=O) groups is 1. The summed E-state index contributed by atoms with van der Waals surface area (Å²) in [6.07, 6.45) is 5.98. The number of hydrogen-bond acceptors (Lipinski definition) is 6. The highest BCUT2D eigenvalue weighted by Crippen LogP contribution is 2.39. The fraction of sp³-hybridized carbons (Fsp3) is 0.444. The molecule has 1 saturated heterocycles. The Morgan fingerprint density at radius 1 is 1.36 bits per heavy atom. The number of ether oxygens (including phenoxy) is 1. The minimum absolute atomic E-state index is 0.0130. The quantitative estimate of drug-likeness (QED) is 0.820. The number of likely N-dealkylation sites (tertiary alicyclic amines) is 1. The third-order valence-electron chi connectivity index (χ3n) is 4.94. The zero-order chi connectivity index (χ0) is 17.4. The number of rotatable bonds is 2. The molecule has 130 valence electrons. The topological polar surface area (TPSA) is 71.5 Å². The lowest BCUT2D eigenvalue weighted by atomic mass is 9.80. The van der Waals surface area contributed by atoms with Crippen LogP contribution in [0.3, 0.4) is 0 Å². The first-order valence-electron chi connectivity index (χ1n) is 8.40. The molecule has 0 aromatic carbocycles. The fourth-order valence-corrected chi connectivity index (χ4v) is 3.63. The standard InChI is InChI=1S/C18H21N5O2/c1-22(2)17-20-9-14-10-25-12-18(15(14)21-17)5-7-23(11-18)16(24)13-4-3-6-19-8-13/h3-4,6,8-9H,5,7,10-12H2,1-2H3. The second-order valence-corrected chi connectivity index (χ2v) is 6.93. The Morgan fingerprint density at radius 3 is 3.00 bits per heavy atom. The van der Waals surface area contributed by atoms with E-state index >= 15 is 0 Å². The number of anilines is 1. The Kier molecular flexibility index (Phi) is 3.88. The van der Waals surface area contributed by atoms with Crippen molar-refractivity contribution in [1.82, 2.24) is 19.9 Å². The van der Waals surface area contributed by atoms with Crippen molar-refractivity contribution in [3.05, 3.63) is 47.5 Å². The second kappa shape index (κ2) is 6.07. The number of hydrogen-bond donors (Lipinski definition) is 0. The molecule has 1 atom stereocenters. The van der Waals surface area contributed by atoms with Crippen molar-refractivity contribution in [1.29, 1.82) is 0 Å². The van der Waals surface area contributed by atoms with Crippen LogP contribution in [0.4, 0.5) is 5.95 Å². The van der Waals surface area contributed by atoms with E-state index in [1.807, 2.05) is 30.1 Å². The van der Waals surface area contributed by atoms with Crippen LogP contribution < -0.4 is 4.90 Å². The maximum absolute atomic E-state index is 12.8. The molecule has 0 aliphatic carbocycles. The van der Waals surface area contributed by atoms with E-state index < -0.39 is 0 Å². The highest BCUT2D eigenvalue weighted by Gasteiger charge is 2.46. The van der Waals surface area contributed by atoms with Gasteiger partial charge in [-0.3, -0.25) is 9.78 Å². The summed E-state index contributed by atoms with van der Waals surface area (Å²) in [5.41, 5.74) is 2.42. The van der Waals surface area contributed by atoms with Crippen molar-refractivity contribution in [2.24, 2.45) is 0 Å². The lowest BCUT2D eigenvalue weighted by molar-refractivity contribution is 0.0485. The highest BCUT2D eigenvalue weighted by atomic mass is 16.5. The number of carbonyl (C=O) groups excluding carboxylic acids is 1. The molecule has 2 aliphatic rings. The minimum atomic E-state index is -0.251. The van der Waals surface area contributed by atoms with Crippen LogP contribution in [-0.2, 0) is 16.8 Å². The molecule has 1 spiro atoms. The summed E-state index contributed by atoms with van der Waals surface area (Å²) in [6, 6.07) is 3.59. The largest absolute Gasteiger partial charge is 0.376 e. The smallest absolute Gasteiger partial charge is 0.255 e. The normalized spacial score (nSPS) is 22.1. The van der Waals surface area contributed by atoms with Crippen molar-refractivity contribution in [2.45, 2.75) is 18.4 Å². The Balaban J connectivity index is 1.65. The van der Waals surface area contributed by atoms with Crippen LogP contribution >= 0.6 is 0 Å². The Bertz CT molecular complexity index is 795. The van der Waals surface area contributed by atoms with Gasteiger partial charge in [0.05, 0.1) is 29.9 Å². The zero-order valence-corrected chi connectivity index (χ0v) is 14.5. The van der Waals surface area contributed by atoms with E-state index in [-0.39, 0.29) is 11.3 Å². The van der Waals surface area contributed by atoms with Gasteiger partial charge in [0.1, 0.15) is 0 Å². The number of amides is 1. The molecule has 0 bridgehead atoms. The summed E-state index contributed by atoms with van der Waals surface area (Å²) >= 11 is 0. The van der Waals surface area contributed by atoms with Crippen molar-refractivity contribution in [3.8, 4) is 0 Å². The van der Waals surface area contributed by atoms with Gasteiger partial charge in [0.2, 0.25) is 5.95 Å². The van der Waals surface area contributed by atoms with Crippen LogP contribution in [0.15, 0.2) is 30.7 Å². The van der Waals surface area contributed by atoms with E-state index in [2.05, 4.69) is 9.97 Å². The first-order valence-corrected chi connectivity index (χ1v) is 8.40. The van der Waals surface area contributed by atoms with Gasteiger partial charge in [-0.15, -0.1) is 0 Å². The monoisotopic (exact) mass is 339 g/mol. The predicted molar refractivity (Wildman–Crippen MR) is 92.5 cm³/mol. The van der Waals surface area contributed by atoms with Crippen LogP contribution in [0, 0.1) is 0 Å². The van der Waals surface area contributed by atoms with E-state index in [9.17, 15) is 4.79 Å². The van der Waals surface area contributed by atoms with Crippen LogP contribution in [-0.4, -0.2) is 59.6 Å². The molecule has 2 aliphatic heterocycles. The maximum Gasteiger partial charge on any atom is 0.255 e. The van der Waals surface area contributed by atoms with Crippen LogP contribution in [0.25, 0.3) is 0 Å². The fourth-order valence-electron chi connectivity index (χ4n) is 3.63. The van der Waals surface area contributed by atoms with Crippen LogP contribution in [0.1, 0.15) is 28.0 Å². The highest BCUT2D eigenvalue weighted by molar-refractivity contribution is 5.94. The van der Waals surface area contributed by atoms with Gasteiger partial charge in [-0.2, -0.15) is 0 Å². The van der Waals surface area contributed by atoms with Gasteiger partial charge < -0.3 is 14.5 Å². The number of aromatic nitrogens is 3. The van der Waals surface area contributed by atoms with Gasteiger partial charge in [-0.05, 0) is 18.6 Å². The van der Waals surface area contributed by atoms with Gasteiger partial charge in [0, 0.05) is 51.3 Å². The third kappa shape index (κ3) is 2.74. The van der Waals surface area contributed by atoms with Gasteiger partial charge in [0.15, 0.2) is 0 Å². The molecule has 4 rings (SSSR count). The average molecular weight is 339 g/mol. The molecule has 0 N–H and O–H groups in total. The van der Waals surface area contributed by atoms with Gasteiger partial charge in [0.25, 0.3) is 5.91 Å². The van der Waals surface area contributed by atoms with Gasteiger partial charge in [-0.1, -0.05) is 0 Å². The van der Waals surface area contributed by atoms with E-state index in [1.54, 1.807) is 24.5 Å². The molecular formula is C18H21N5O2. The van der Waals surface area contributed by atoms with E-state index in [0.717, 1.165) is 17.7 Å². The lowest BCUT2D eigenvalue weighted by Gasteiger charge is -2.34. The zero-order valence-electron chi connectivity index (χ0n) is 14.5. The first-order chi connectivity index (χ1) is 12.1. The summed E-state index contributed by atoms with van der Waals surface area (Å²) < 4.78 is 5.82. The number of fused-ring (bicyclic) bond motifs is 2. The van der Waals surface area contributed by atoms with Crippen LogP contribution in [0.5, 0.6) is 0 Å². The minimum Gasteiger partial charge on any atom is -0.376 e. The Hall–Kier alpha value is -2.54. The number of nitrogens with zero attached hydrogens (tertiary/aromatic N) is 5. The van der Waals surface area contributed by atoms with Gasteiger partial charge in [-0.25, -0.2) is 9.97 Å². The summed E-state index contributed by atoms with van der Waals surface area (Å²) in [6.45, 7) is 2.41. The second-order valence-electron chi connectivity index (χ2n) is 6.93. The molecule has 7 nitrogen and oxygen atoms in total. The summed E-state index contributed by atoms with van der Waals surface area (Å²) in [5, 5.41) is 0. The Labute approximate surface area is 146 Å². The lowest BCUT2D eigenvalue weighted by Crippen LogP contribution is -2.42. The van der Waals surface area contributed by atoms with Crippen molar-refractivity contribution >= 4 is 11.9 Å². The molecule has 2 aromatic heterocycles. The van der Waals surface area contributed by atoms with E-state index in [0.29, 0.717) is 37.8 Å². The molecule has 2 aromatic rings. The molecule has 1 unspecified atom stereocenters. The molecule has 1 amide bonds. The van der Waals surface area contributed by atoms with E-state index in [4.69, 9.17) is 9.72 Å². The van der Waals surface area contributed by atoms with Gasteiger partial charge >= 0.3 is 0 Å². The molecule has 4 heterocycles. The molecule has 1 fully saturated rings. The first kappa shape index (κ1) is 16.0. The van der Waals surface area contributed by atoms with Crippen LogP contribution in [0.2, 0.25) is 0 Å². The summed E-state index contributed by atoms with van der Waals surface area (Å²) in [4.78, 5) is 29.8. The summed E-state index contributed by atoms with van der Waals surface area (Å²) in [5.74, 6) is 0.705. The number of pyridine rings is 1. The molecule has 25 heavy (non-hydrogen) atoms. The summed E-state index contributed by atoms with van der Waals surface area (Å²) in [7, 11) is 3.86. The van der Waals surface area contributed by atoms with E-state index in [1.165, 1.54) is 0 Å². The average Bonchev–Trinajstić information content (AvgIpc) is 3.06. The van der Waals surface area contributed by atoms with Crippen molar-refractivity contribution in [3.63, 3.8) is 0 Å². The predicted octanol–water partition coefficient (Wildman–Crippen LogP) is 1.25. The van der Waals surface area contributed by atoms with Crippen molar-refractivity contribution in [2.75, 3.05) is 38.7 Å². The Morgan fingerprint density at radius 2 is 2.24 bits per heavy atom. The SMILES string of the molecule is CN(C)c1ncc2c(n1)C1(CCN(C(=O)c3cccnc3)C1)COC2. The third-order valence-corrected chi connectivity index (χ3v) is 4.94. The molecule has 7 heteroatoms. The maximum atomic E-state index is 12.8.